The Labute approximate surface area is 271 Å². The molecule has 1 unspecified atom stereocenters. The Balaban J connectivity index is 1.41. The van der Waals surface area contributed by atoms with Gasteiger partial charge >= 0.3 is 12.3 Å². The Morgan fingerprint density at radius 3 is 2.29 bits per heavy atom. The summed E-state index contributed by atoms with van der Waals surface area (Å²) in [6, 6.07) is 11.7. The third-order valence-electron chi connectivity index (χ3n) is 7.69. The second-order valence-electron chi connectivity index (χ2n) is 10.8. The molecule has 2 N–H and O–H groups in total. The summed E-state index contributed by atoms with van der Waals surface area (Å²) in [4.78, 5) is 35.0. The second-order valence-corrected chi connectivity index (χ2v) is 12.7. The van der Waals surface area contributed by atoms with E-state index in [1.54, 1.807) is 4.90 Å². The summed E-state index contributed by atoms with van der Waals surface area (Å²) in [5, 5.41) is 11.9. The van der Waals surface area contributed by atoms with Gasteiger partial charge in [0.25, 0.3) is 5.92 Å². The van der Waals surface area contributed by atoms with E-state index in [2.05, 4.69) is 20.0 Å². The van der Waals surface area contributed by atoms with Crippen molar-refractivity contribution in [2.45, 2.75) is 43.1 Å². The summed E-state index contributed by atoms with van der Waals surface area (Å²) in [6.45, 7) is 0.824. The minimum atomic E-state index is -4.98. The van der Waals surface area contributed by atoms with Crippen LogP contribution in [0.4, 0.5) is 27.8 Å². The molecule has 1 saturated heterocycles. The fourth-order valence-electron chi connectivity index (χ4n) is 5.09. The van der Waals surface area contributed by atoms with E-state index in [-0.39, 0.29) is 48.0 Å². The van der Waals surface area contributed by atoms with Crippen molar-refractivity contribution in [2.24, 2.45) is 0 Å². The number of sulfonamides is 1. The van der Waals surface area contributed by atoms with Crippen LogP contribution in [0.2, 0.25) is 0 Å². The summed E-state index contributed by atoms with van der Waals surface area (Å²) in [7, 11) is -4.44. The van der Waals surface area contributed by atoms with E-state index in [0.29, 0.717) is 16.6 Å². The van der Waals surface area contributed by atoms with Gasteiger partial charge in [-0.25, -0.2) is 27.0 Å². The van der Waals surface area contributed by atoms with Gasteiger partial charge in [-0.1, -0.05) is 31.2 Å². The molecule has 1 amide bonds. The smallest absolute Gasteiger partial charge is 0.478 e. The fraction of sp³-hybridized carbons (Fsp3) is 0.290. The maximum absolute atomic E-state index is 14.0. The number of alkyl halides is 5. The minimum Gasteiger partial charge on any atom is -0.478 e. The first-order valence-electron chi connectivity index (χ1n) is 14.4. The molecular weight excluding hydrogens is 665 g/mol. The number of hydrogen-bond acceptors (Lipinski definition) is 8. The van der Waals surface area contributed by atoms with Crippen molar-refractivity contribution in [1.29, 1.82) is 0 Å². The van der Waals surface area contributed by atoms with Gasteiger partial charge in [-0.3, -0.25) is 9.78 Å². The lowest BCUT2D eigenvalue weighted by Crippen LogP contribution is -2.60. The van der Waals surface area contributed by atoms with Crippen molar-refractivity contribution in [3.63, 3.8) is 0 Å². The first kappa shape index (κ1) is 34.4. The Kier molecular flexibility index (Phi) is 9.55. The van der Waals surface area contributed by atoms with Crippen LogP contribution in [0, 0.1) is 0 Å². The summed E-state index contributed by atoms with van der Waals surface area (Å²) in [5.74, 6) is -5.26. The summed E-state index contributed by atoms with van der Waals surface area (Å²) in [6.07, 6.45) is -4.02. The Bertz CT molecular complexity index is 1930. The molecule has 17 heteroatoms. The molecule has 0 spiro atoms. The van der Waals surface area contributed by atoms with Crippen molar-refractivity contribution in [2.75, 3.05) is 24.5 Å². The molecule has 5 rings (SSSR count). The first-order valence-corrected chi connectivity index (χ1v) is 15.9. The second kappa shape index (κ2) is 13.3. The highest BCUT2D eigenvalue weighted by molar-refractivity contribution is 7.89. The van der Waals surface area contributed by atoms with Gasteiger partial charge in [-0.2, -0.15) is 4.31 Å². The Morgan fingerprint density at radius 1 is 0.979 bits per heavy atom. The van der Waals surface area contributed by atoms with Crippen LogP contribution in [0.1, 0.15) is 34.8 Å². The highest BCUT2D eigenvalue weighted by Gasteiger charge is 2.41. The molecule has 2 heterocycles. The molecule has 1 aromatic heterocycles. The van der Waals surface area contributed by atoms with Gasteiger partial charge in [-0.05, 0) is 48.0 Å². The van der Waals surface area contributed by atoms with Gasteiger partial charge in [0.2, 0.25) is 15.9 Å². The molecular formula is C31H28F5N5O6S. The number of anilines is 1. The molecule has 3 aromatic carbocycles. The number of carbonyl (C=O) groups excluding carboxylic acids is 1. The average Bonchev–Trinajstić information content (AvgIpc) is 3.06. The molecule has 1 aliphatic heterocycles. The van der Waals surface area contributed by atoms with Crippen molar-refractivity contribution in [1.82, 2.24) is 19.6 Å². The lowest BCUT2D eigenvalue weighted by molar-refractivity contribution is -0.274. The monoisotopic (exact) mass is 693 g/mol. The van der Waals surface area contributed by atoms with Gasteiger partial charge in [-0.15, -0.1) is 13.2 Å². The topological polar surface area (TPSA) is 142 Å². The maximum atomic E-state index is 14.0. The van der Waals surface area contributed by atoms with E-state index in [9.17, 15) is 45.1 Å². The van der Waals surface area contributed by atoms with Gasteiger partial charge in [0.05, 0.1) is 27.7 Å². The molecule has 0 saturated carbocycles. The fourth-order valence-corrected chi connectivity index (χ4v) is 6.66. The van der Waals surface area contributed by atoms with Crippen LogP contribution in [-0.2, 0) is 27.3 Å². The predicted molar refractivity (Wildman–Crippen MR) is 162 cm³/mol. The molecule has 0 aliphatic carbocycles. The van der Waals surface area contributed by atoms with Crippen LogP contribution in [-0.4, -0.2) is 71.7 Å². The summed E-state index contributed by atoms with van der Waals surface area (Å²) in [5.41, 5.74) is 0.943. The number of hydrogen-bond donors (Lipinski definition) is 2. The molecule has 11 nitrogen and oxygen atoms in total. The molecule has 48 heavy (non-hydrogen) atoms. The van der Waals surface area contributed by atoms with Crippen LogP contribution in [0.3, 0.4) is 0 Å². The van der Waals surface area contributed by atoms with Crippen LogP contribution < -0.4 is 15.0 Å². The predicted octanol–water partition coefficient (Wildman–Crippen LogP) is 4.92. The Morgan fingerprint density at radius 2 is 1.67 bits per heavy atom. The number of carboxylic acid groups (broad SMARTS) is 1. The number of piperazine rings is 1. The zero-order valence-electron chi connectivity index (χ0n) is 25.1. The number of nitrogens with zero attached hydrogens (tertiary/aromatic N) is 4. The highest BCUT2D eigenvalue weighted by Crippen LogP contribution is 2.32. The van der Waals surface area contributed by atoms with Crippen LogP contribution >= 0.6 is 0 Å². The number of rotatable bonds is 10. The van der Waals surface area contributed by atoms with Crippen molar-refractivity contribution >= 4 is 38.8 Å². The number of benzene rings is 3. The zero-order chi connectivity index (χ0) is 34.9. The van der Waals surface area contributed by atoms with Crippen molar-refractivity contribution in [3.05, 3.63) is 89.6 Å². The van der Waals surface area contributed by atoms with Gasteiger partial charge in [0, 0.05) is 38.2 Å². The van der Waals surface area contributed by atoms with Gasteiger partial charge in [0.15, 0.2) is 0 Å². The standard InChI is InChI=1S/C31H28F5N5O6S/c1-2-30(32,33)21-6-3-19(4-7-21)16-38-28(42)26-18-40(27-17-37-25-15-20(29(43)44)5-12-24(25)39-27)13-14-41(26)48(45,46)23-10-8-22(9-11-23)47-31(34,35)36/h3-12,15,17,26H,2,13-14,16,18H2,1H3,(H,38,42)(H,43,44). The lowest BCUT2D eigenvalue weighted by Gasteiger charge is -2.40. The number of amides is 1. The van der Waals surface area contributed by atoms with Crippen LogP contribution in [0.25, 0.3) is 11.0 Å². The number of ether oxygens (including phenoxy) is 1. The Hall–Kier alpha value is -4.90. The minimum absolute atomic E-state index is 0.00632. The summed E-state index contributed by atoms with van der Waals surface area (Å²) < 4.78 is 98.3. The van der Waals surface area contributed by atoms with E-state index in [4.69, 9.17) is 0 Å². The van der Waals surface area contributed by atoms with E-state index < -0.39 is 52.4 Å². The maximum Gasteiger partial charge on any atom is 0.573 e. The number of nitrogens with one attached hydrogen (secondary N) is 1. The summed E-state index contributed by atoms with van der Waals surface area (Å²) >= 11 is 0. The number of aromatic carboxylic acids is 1. The number of aromatic nitrogens is 2. The molecule has 1 aliphatic rings. The van der Waals surface area contributed by atoms with E-state index >= 15 is 0 Å². The van der Waals surface area contributed by atoms with E-state index in [0.717, 1.165) is 28.6 Å². The van der Waals surface area contributed by atoms with Gasteiger partial charge in [0.1, 0.15) is 17.6 Å². The SMILES string of the molecule is CCC(F)(F)c1ccc(CNC(=O)C2CN(c3cnc4cc(C(=O)O)ccc4n3)CCN2S(=O)(=O)c2ccc(OC(F)(F)F)cc2)cc1. The molecule has 1 fully saturated rings. The number of fused-ring (bicyclic) bond motifs is 1. The zero-order valence-corrected chi connectivity index (χ0v) is 25.9. The van der Waals surface area contributed by atoms with Crippen molar-refractivity contribution < 1.29 is 49.8 Å². The normalized spacial score (nSPS) is 16.1. The largest absolute Gasteiger partial charge is 0.573 e. The molecule has 254 valence electrons. The number of carboxylic acids is 1. The first-order chi connectivity index (χ1) is 22.6. The molecule has 0 radical (unpaired) electrons. The molecule has 4 aromatic rings. The van der Waals surface area contributed by atoms with E-state index in [1.165, 1.54) is 55.6 Å². The van der Waals surface area contributed by atoms with Crippen LogP contribution in [0.15, 0.2) is 77.8 Å². The van der Waals surface area contributed by atoms with Crippen molar-refractivity contribution in [3.8, 4) is 5.75 Å². The number of carbonyl (C=O) groups is 2. The number of halogens is 5. The van der Waals surface area contributed by atoms with Gasteiger partial charge < -0.3 is 20.1 Å². The quantitative estimate of drug-likeness (QED) is 0.221. The third kappa shape index (κ3) is 7.62. The molecule has 0 bridgehead atoms. The highest BCUT2D eigenvalue weighted by atomic mass is 32.2. The van der Waals surface area contributed by atoms with Crippen LogP contribution in [0.5, 0.6) is 5.75 Å². The van der Waals surface area contributed by atoms with E-state index in [1.807, 2.05) is 0 Å². The third-order valence-corrected chi connectivity index (χ3v) is 9.61. The lowest BCUT2D eigenvalue weighted by atomic mass is 10.0. The molecule has 1 atom stereocenters. The average molecular weight is 694 g/mol.